The summed E-state index contributed by atoms with van der Waals surface area (Å²) in [7, 11) is 0. The molecule has 1 aromatic carbocycles. The van der Waals surface area contributed by atoms with E-state index >= 15 is 0 Å². The van der Waals surface area contributed by atoms with Crippen molar-refractivity contribution in [3.63, 3.8) is 0 Å². The van der Waals surface area contributed by atoms with Gasteiger partial charge in [-0.25, -0.2) is 4.39 Å². The SMILES string of the molecule is C=CCOCC(=O)N1CCNCC1c1cccc(F)c1.Cl. The van der Waals surface area contributed by atoms with Gasteiger partial charge in [-0.3, -0.25) is 4.79 Å². The van der Waals surface area contributed by atoms with Gasteiger partial charge in [-0.2, -0.15) is 0 Å². The van der Waals surface area contributed by atoms with E-state index in [1.54, 1.807) is 17.0 Å². The molecule has 21 heavy (non-hydrogen) atoms. The van der Waals surface area contributed by atoms with E-state index in [0.29, 0.717) is 19.7 Å². The summed E-state index contributed by atoms with van der Waals surface area (Å²) in [6, 6.07) is 6.22. The lowest BCUT2D eigenvalue weighted by Gasteiger charge is -2.36. The zero-order valence-corrected chi connectivity index (χ0v) is 12.6. The fourth-order valence-electron chi connectivity index (χ4n) is 2.33. The Morgan fingerprint density at radius 3 is 3.10 bits per heavy atom. The topological polar surface area (TPSA) is 41.6 Å². The zero-order chi connectivity index (χ0) is 14.4. The van der Waals surface area contributed by atoms with Crippen LogP contribution in [0, 0.1) is 5.82 Å². The fraction of sp³-hybridized carbons (Fsp3) is 0.400. The molecular formula is C15H20ClFN2O2. The van der Waals surface area contributed by atoms with E-state index in [-0.39, 0.29) is 36.8 Å². The van der Waals surface area contributed by atoms with Crippen molar-refractivity contribution in [3.05, 3.63) is 48.3 Å². The number of nitrogens with one attached hydrogen (secondary N) is 1. The van der Waals surface area contributed by atoms with E-state index in [1.807, 2.05) is 6.07 Å². The molecule has 0 radical (unpaired) electrons. The Morgan fingerprint density at radius 2 is 2.38 bits per heavy atom. The second kappa shape index (κ2) is 8.77. The lowest BCUT2D eigenvalue weighted by atomic mass is 10.0. The lowest BCUT2D eigenvalue weighted by molar-refractivity contribution is -0.139. The Morgan fingerprint density at radius 1 is 1.57 bits per heavy atom. The summed E-state index contributed by atoms with van der Waals surface area (Å²) < 4.78 is 18.5. The molecule has 0 aromatic heterocycles. The number of piperazine rings is 1. The van der Waals surface area contributed by atoms with E-state index in [9.17, 15) is 9.18 Å². The number of benzene rings is 1. The summed E-state index contributed by atoms with van der Waals surface area (Å²) in [4.78, 5) is 13.9. The molecule has 1 N–H and O–H groups in total. The Bertz CT molecular complexity index is 484. The molecule has 1 aliphatic heterocycles. The molecule has 1 aromatic rings. The first-order valence-corrected chi connectivity index (χ1v) is 6.66. The van der Waals surface area contributed by atoms with Crippen LogP contribution in [0.1, 0.15) is 11.6 Å². The van der Waals surface area contributed by atoms with Crippen molar-refractivity contribution in [1.29, 1.82) is 0 Å². The third-order valence-electron chi connectivity index (χ3n) is 3.26. The average molecular weight is 315 g/mol. The monoisotopic (exact) mass is 314 g/mol. The molecule has 0 aliphatic carbocycles. The van der Waals surface area contributed by atoms with Crippen LogP contribution in [0.4, 0.5) is 4.39 Å². The molecule has 1 atom stereocenters. The van der Waals surface area contributed by atoms with E-state index in [4.69, 9.17) is 4.74 Å². The van der Waals surface area contributed by atoms with Crippen LogP contribution in [0.2, 0.25) is 0 Å². The maximum Gasteiger partial charge on any atom is 0.249 e. The highest BCUT2D eigenvalue weighted by Crippen LogP contribution is 2.23. The molecule has 1 fully saturated rings. The second-order valence-corrected chi connectivity index (χ2v) is 4.67. The van der Waals surface area contributed by atoms with Crippen molar-refractivity contribution in [2.45, 2.75) is 6.04 Å². The van der Waals surface area contributed by atoms with Gasteiger partial charge in [0.1, 0.15) is 12.4 Å². The molecule has 0 bridgehead atoms. The van der Waals surface area contributed by atoms with Crippen LogP contribution in [0.5, 0.6) is 0 Å². The standard InChI is InChI=1S/C15H19FN2O2.ClH/c1-2-8-20-11-15(19)18-7-6-17-10-14(18)12-4-3-5-13(16)9-12;/h2-5,9,14,17H,1,6-8,10-11H2;1H. The number of hydrogen-bond donors (Lipinski definition) is 1. The zero-order valence-electron chi connectivity index (χ0n) is 11.8. The van der Waals surface area contributed by atoms with Gasteiger partial charge in [0, 0.05) is 19.6 Å². The smallest absolute Gasteiger partial charge is 0.249 e. The average Bonchev–Trinajstić information content (AvgIpc) is 2.47. The second-order valence-electron chi connectivity index (χ2n) is 4.67. The fourth-order valence-corrected chi connectivity index (χ4v) is 2.33. The molecule has 1 amide bonds. The van der Waals surface area contributed by atoms with E-state index in [1.165, 1.54) is 12.1 Å². The number of carbonyl (C=O) groups excluding carboxylic acids is 1. The molecule has 6 heteroatoms. The third-order valence-corrected chi connectivity index (χ3v) is 3.26. The first-order chi connectivity index (χ1) is 9.72. The largest absolute Gasteiger partial charge is 0.368 e. The molecule has 1 aliphatic rings. The normalized spacial score (nSPS) is 18.0. The van der Waals surface area contributed by atoms with Crippen LogP contribution in [0.25, 0.3) is 0 Å². The van der Waals surface area contributed by atoms with Gasteiger partial charge >= 0.3 is 0 Å². The molecule has 1 unspecified atom stereocenters. The van der Waals surface area contributed by atoms with Gasteiger partial charge in [0.2, 0.25) is 5.91 Å². The Labute approximate surface area is 130 Å². The number of rotatable bonds is 5. The van der Waals surface area contributed by atoms with Crippen molar-refractivity contribution in [2.75, 3.05) is 32.8 Å². The summed E-state index contributed by atoms with van der Waals surface area (Å²) in [5.41, 5.74) is 0.800. The molecule has 1 heterocycles. The Hall–Kier alpha value is -1.43. The summed E-state index contributed by atoms with van der Waals surface area (Å²) in [6.45, 7) is 5.87. The van der Waals surface area contributed by atoms with Gasteiger partial charge < -0.3 is 15.0 Å². The van der Waals surface area contributed by atoms with Gasteiger partial charge in [-0.1, -0.05) is 18.2 Å². The van der Waals surface area contributed by atoms with Gasteiger partial charge in [0.15, 0.2) is 0 Å². The number of nitrogens with zero attached hydrogens (tertiary/aromatic N) is 1. The number of hydrogen-bond acceptors (Lipinski definition) is 3. The van der Waals surface area contributed by atoms with Crippen molar-refractivity contribution in [2.24, 2.45) is 0 Å². The first-order valence-electron chi connectivity index (χ1n) is 6.66. The molecule has 1 saturated heterocycles. The minimum absolute atomic E-state index is 0. The van der Waals surface area contributed by atoms with Gasteiger partial charge in [-0.15, -0.1) is 19.0 Å². The summed E-state index contributed by atoms with van der Waals surface area (Å²) in [5.74, 6) is -0.369. The van der Waals surface area contributed by atoms with Crippen LogP contribution in [0.15, 0.2) is 36.9 Å². The maximum atomic E-state index is 13.3. The summed E-state index contributed by atoms with van der Waals surface area (Å²) >= 11 is 0. The van der Waals surface area contributed by atoms with Gasteiger partial charge in [0.25, 0.3) is 0 Å². The van der Waals surface area contributed by atoms with Gasteiger partial charge in [-0.05, 0) is 17.7 Å². The molecule has 4 nitrogen and oxygen atoms in total. The minimum atomic E-state index is -0.289. The molecule has 0 saturated carbocycles. The van der Waals surface area contributed by atoms with Crippen LogP contribution in [0.3, 0.4) is 0 Å². The van der Waals surface area contributed by atoms with Crippen LogP contribution >= 0.6 is 12.4 Å². The quantitative estimate of drug-likeness (QED) is 0.667. The Kier molecular flexibility index (Phi) is 7.36. The van der Waals surface area contributed by atoms with Crippen molar-refractivity contribution in [3.8, 4) is 0 Å². The molecule has 0 spiro atoms. The summed E-state index contributed by atoms with van der Waals surface area (Å²) in [6.07, 6.45) is 1.61. The predicted molar refractivity (Wildman–Crippen MR) is 82.0 cm³/mol. The third kappa shape index (κ3) is 4.81. The molecule has 2 rings (SSSR count). The molecular weight excluding hydrogens is 295 g/mol. The highest BCUT2D eigenvalue weighted by Gasteiger charge is 2.27. The van der Waals surface area contributed by atoms with Crippen molar-refractivity contribution < 1.29 is 13.9 Å². The van der Waals surface area contributed by atoms with E-state index in [2.05, 4.69) is 11.9 Å². The minimum Gasteiger partial charge on any atom is -0.368 e. The number of amides is 1. The van der Waals surface area contributed by atoms with E-state index < -0.39 is 0 Å². The van der Waals surface area contributed by atoms with Crippen molar-refractivity contribution in [1.82, 2.24) is 10.2 Å². The Balaban J connectivity index is 0.00000220. The summed E-state index contributed by atoms with van der Waals surface area (Å²) in [5, 5.41) is 3.23. The van der Waals surface area contributed by atoms with Crippen LogP contribution < -0.4 is 5.32 Å². The van der Waals surface area contributed by atoms with Crippen molar-refractivity contribution >= 4 is 18.3 Å². The number of halogens is 2. The molecule has 116 valence electrons. The lowest BCUT2D eigenvalue weighted by Crippen LogP contribution is -2.49. The maximum absolute atomic E-state index is 13.3. The van der Waals surface area contributed by atoms with Gasteiger partial charge in [0.05, 0.1) is 12.6 Å². The number of ether oxygens (including phenoxy) is 1. The predicted octanol–water partition coefficient (Wildman–Crippen LogP) is 1.92. The first kappa shape index (κ1) is 17.6. The van der Waals surface area contributed by atoms with Crippen LogP contribution in [-0.4, -0.2) is 43.7 Å². The van der Waals surface area contributed by atoms with E-state index in [0.717, 1.165) is 12.1 Å². The number of carbonyl (C=O) groups is 1. The highest BCUT2D eigenvalue weighted by atomic mass is 35.5. The highest BCUT2D eigenvalue weighted by molar-refractivity contribution is 5.85. The van der Waals surface area contributed by atoms with Crippen LogP contribution in [-0.2, 0) is 9.53 Å².